The van der Waals surface area contributed by atoms with Crippen molar-refractivity contribution >= 4 is 32.8 Å². The summed E-state index contributed by atoms with van der Waals surface area (Å²) in [5.74, 6) is 0.710. The molecule has 0 aliphatic carbocycles. The maximum atomic E-state index is 12.6. The van der Waals surface area contributed by atoms with Gasteiger partial charge in [0.2, 0.25) is 5.95 Å². The van der Waals surface area contributed by atoms with Crippen LogP contribution in [-0.2, 0) is 11.8 Å². The molecule has 0 amide bonds. The van der Waals surface area contributed by atoms with Gasteiger partial charge in [-0.3, -0.25) is 9.36 Å². The van der Waals surface area contributed by atoms with E-state index in [1.54, 1.807) is 11.6 Å². The van der Waals surface area contributed by atoms with Crippen molar-refractivity contribution in [3.8, 4) is 0 Å². The number of aryl methyl sites for hydroxylation is 1. The average Bonchev–Trinajstić information content (AvgIpc) is 2.47. The van der Waals surface area contributed by atoms with Crippen LogP contribution >= 0.6 is 15.9 Å². The van der Waals surface area contributed by atoms with Crippen LogP contribution in [0.25, 0.3) is 10.9 Å². The minimum atomic E-state index is -0.0212. The van der Waals surface area contributed by atoms with Gasteiger partial charge >= 0.3 is 0 Å². The Balaban J connectivity index is 2.23. The molecule has 0 bridgehead atoms. The van der Waals surface area contributed by atoms with Crippen LogP contribution in [0, 0.1) is 6.92 Å². The first-order valence-corrected chi connectivity index (χ1v) is 7.37. The zero-order valence-corrected chi connectivity index (χ0v) is 13.1. The molecule has 1 aliphatic heterocycles. The van der Waals surface area contributed by atoms with Crippen molar-refractivity contribution in [1.82, 2.24) is 9.55 Å². The van der Waals surface area contributed by atoms with Gasteiger partial charge in [0.25, 0.3) is 5.56 Å². The number of anilines is 1. The van der Waals surface area contributed by atoms with Crippen molar-refractivity contribution in [2.45, 2.75) is 6.92 Å². The first kappa shape index (κ1) is 13.6. The van der Waals surface area contributed by atoms with E-state index in [1.807, 2.05) is 19.1 Å². The summed E-state index contributed by atoms with van der Waals surface area (Å²) in [4.78, 5) is 19.4. The molecule has 1 aromatic carbocycles. The molecule has 2 heterocycles. The molecule has 2 aromatic rings. The van der Waals surface area contributed by atoms with E-state index in [1.165, 1.54) is 0 Å². The van der Waals surface area contributed by atoms with Crippen LogP contribution in [0.5, 0.6) is 0 Å². The summed E-state index contributed by atoms with van der Waals surface area (Å²) < 4.78 is 7.80. The Hall–Kier alpha value is -1.40. The van der Waals surface area contributed by atoms with Gasteiger partial charge in [-0.2, -0.15) is 0 Å². The number of aromatic nitrogens is 2. The van der Waals surface area contributed by atoms with Crippen molar-refractivity contribution in [2.75, 3.05) is 31.2 Å². The molecule has 1 aliphatic rings. The smallest absolute Gasteiger partial charge is 0.263 e. The lowest BCUT2D eigenvalue weighted by Crippen LogP contribution is -2.40. The second-order valence-corrected chi connectivity index (χ2v) is 5.76. The lowest BCUT2D eigenvalue weighted by molar-refractivity contribution is 0.121. The molecule has 0 spiro atoms. The van der Waals surface area contributed by atoms with Gasteiger partial charge in [-0.15, -0.1) is 0 Å². The first-order valence-electron chi connectivity index (χ1n) is 6.58. The van der Waals surface area contributed by atoms with Crippen molar-refractivity contribution in [1.29, 1.82) is 0 Å². The van der Waals surface area contributed by atoms with E-state index in [9.17, 15) is 4.79 Å². The molecule has 3 rings (SSSR count). The van der Waals surface area contributed by atoms with E-state index < -0.39 is 0 Å². The molecular weight excluding hydrogens is 322 g/mol. The molecule has 0 saturated carbocycles. The van der Waals surface area contributed by atoms with Crippen LogP contribution in [0.15, 0.2) is 21.4 Å². The standard InChI is InChI=1S/C14H16BrN3O2/c1-9-3-4-10-11(12(9)15)13(19)17(2)14(16-10)18-5-7-20-8-6-18/h3-4H,5-8H2,1-2H3. The molecule has 1 fully saturated rings. The molecule has 1 aromatic heterocycles. The summed E-state index contributed by atoms with van der Waals surface area (Å²) in [7, 11) is 1.77. The summed E-state index contributed by atoms with van der Waals surface area (Å²) in [5, 5.41) is 0.643. The number of hydrogen-bond acceptors (Lipinski definition) is 4. The first-order chi connectivity index (χ1) is 9.59. The summed E-state index contributed by atoms with van der Waals surface area (Å²) >= 11 is 3.50. The van der Waals surface area contributed by atoms with Crippen molar-refractivity contribution < 1.29 is 4.74 Å². The summed E-state index contributed by atoms with van der Waals surface area (Å²) in [6, 6.07) is 3.88. The predicted molar refractivity (Wildman–Crippen MR) is 82.5 cm³/mol. The van der Waals surface area contributed by atoms with Crippen LogP contribution in [0.4, 0.5) is 5.95 Å². The monoisotopic (exact) mass is 337 g/mol. The molecule has 0 N–H and O–H groups in total. The Kier molecular flexibility index (Phi) is 3.52. The minimum Gasteiger partial charge on any atom is -0.378 e. The van der Waals surface area contributed by atoms with Crippen molar-refractivity contribution in [3.05, 3.63) is 32.5 Å². The van der Waals surface area contributed by atoms with E-state index in [0.717, 1.165) is 28.6 Å². The number of nitrogens with zero attached hydrogens (tertiary/aromatic N) is 3. The van der Waals surface area contributed by atoms with Crippen LogP contribution in [0.3, 0.4) is 0 Å². The highest BCUT2D eigenvalue weighted by Gasteiger charge is 2.18. The van der Waals surface area contributed by atoms with Gasteiger partial charge in [0.1, 0.15) is 0 Å². The Morgan fingerprint density at radius 3 is 2.70 bits per heavy atom. The zero-order chi connectivity index (χ0) is 14.3. The van der Waals surface area contributed by atoms with Crippen LogP contribution in [0.1, 0.15) is 5.56 Å². The fraction of sp³-hybridized carbons (Fsp3) is 0.429. The minimum absolute atomic E-state index is 0.0212. The van der Waals surface area contributed by atoms with Gasteiger partial charge in [-0.05, 0) is 34.5 Å². The van der Waals surface area contributed by atoms with E-state index in [0.29, 0.717) is 24.5 Å². The maximum absolute atomic E-state index is 12.6. The summed E-state index contributed by atoms with van der Waals surface area (Å²) in [5.41, 5.74) is 1.75. The Morgan fingerprint density at radius 1 is 1.30 bits per heavy atom. The van der Waals surface area contributed by atoms with Gasteiger partial charge in [-0.1, -0.05) is 6.07 Å². The summed E-state index contributed by atoms with van der Waals surface area (Å²) in [6.45, 7) is 4.84. The fourth-order valence-corrected chi connectivity index (χ4v) is 2.96. The number of ether oxygens (including phenoxy) is 1. The van der Waals surface area contributed by atoms with Crippen molar-refractivity contribution in [2.24, 2.45) is 7.05 Å². The van der Waals surface area contributed by atoms with E-state index in [4.69, 9.17) is 4.74 Å². The quantitative estimate of drug-likeness (QED) is 0.796. The second-order valence-electron chi connectivity index (χ2n) is 4.97. The molecule has 0 unspecified atom stereocenters. The number of morpholine rings is 1. The third-order valence-electron chi connectivity index (χ3n) is 3.65. The van der Waals surface area contributed by atoms with E-state index in [-0.39, 0.29) is 5.56 Å². The Bertz CT molecular complexity index is 720. The van der Waals surface area contributed by atoms with Gasteiger partial charge in [0.05, 0.1) is 24.1 Å². The third-order valence-corrected chi connectivity index (χ3v) is 4.67. The van der Waals surface area contributed by atoms with E-state index in [2.05, 4.69) is 25.8 Å². The maximum Gasteiger partial charge on any atom is 0.263 e. The Morgan fingerprint density at radius 2 is 2.00 bits per heavy atom. The normalized spacial score (nSPS) is 15.8. The predicted octanol–water partition coefficient (Wildman–Crippen LogP) is 1.84. The highest BCUT2D eigenvalue weighted by molar-refractivity contribution is 9.10. The molecule has 0 atom stereocenters. The lowest BCUT2D eigenvalue weighted by Gasteiger charge is -2.29. The van der Waals surface area contributed by atoms with Crippen LogP contribution < -0.4 is 10.5 Å². The van der Waals surface area contributed by atoms with Gasteiger partial charge in [0.15, 0.2) is 0 Å². The number of hydrogen-bond donors (Lipinski definition) is 0. The molecule has 0 radical (unpaired) electrons. The average molecular weight is 338 g/mol. The topological polar surface area (TPSA) is 47.4 Å². The lowest BCUT2D eigenvalue weighted by atomic mass is 10.1. The summed E-state index contributed by atoms with van der Waals surface area (Å²) in [6.07, 6.45) is 0. The number of benzene rings is 1. The van der Waals surface area contributed by atoms with Gasteiger partial charge in [0, 0.05) is 24.6 Å². The van der Waals surface area contributed by atoms with Crippen LogP contribution in [-0.4, -0.2) is 35.9 Å². The SMILES string of the molecule is Cc1ccc2nc(N3CCOCC3)n(C)c(=O)c2c1Br. The fourth-order valence-electron chi connectivity index (χ4n) is 2.45. The molecule has 20 heavy (non-hydrogen) atoms. The van der Waals surface area contributed by atoms with Gasteiger partial charge in [-0.25, -0.2) is 4.98 Å². The van der Waals surface area contributed by atoms with Crippen molar-refractivity contribution in [3.63, 3.8) is 0 Å². The molecule has 1 saturated heterocycles. The highest BCUT2D eigenvalue weighted by atomic mass is 79.9. The highest BCUT2D eigenvalue weighted by Crippen LogP contribution is 2.25. The number of fused-ring (bicyclic) bond motifs is 1. The number of halogens is 1. The van der Waals surface area contributed by atoms with Crippen LogP contribution in [0.2, 0.25) is 0 Å². The second kappa shape index (κ2) is 5.18. The Labute approximate surface area is 125 Å². The largest absolute Gasteiger partial charge is 0.378 e. The molecule has 106 valence electrons. The third kappa shape index (κ3) is 2.13. The number of rotatable bonds is 1. The molecule has 5 nitrogen and oxygen atoms in total. The van der Waals surface area contributed by atoms with E-state index >= 15 is 0 Å². The molecule has 6 heteroatoms. The van der Waals surface area contributed by atoms with Gasteiger partial charge < -0.3 is 9.64 Å². The zero-order valence-electron chi connectivity index (χ0n) is 11.5. The molecular formula is C14H16BrN3O2.